The minimum absolute atomic E-state index is 0.235. The molecule has 1 amide bonds. The molecule has 0 radical (unpaired) electrons. The van der Waals surface area contributed by atoms with Gasteiger partial charge in [-0.2, -0.15) is 4.31 Å². The maximum atomic E-state index is 12.4. The Morgan fingerprint density at radius 1 is 1.04 bits per heavy atom. The topological polar surface area (TPSA) is 75.7 Å². The predicted octanol–water partition coefficient (Wildman–Crippen LogP) is 2.98. The second kappa shape index (κ2) is 10.0. The highest BCUT2D eigenvalue weighted by molar-refractivity contribution is 7.89. The van der Waals surface area contributed by atoms with Crippen LogP contribution in [0.3, 0.4) is 0 Å². The zero-order valence-corrected chi connectivity index (χ0v) is 16.3. The van der Waals surface area contributed by atoms with Gasteiger partial charge in [-0.05, 0) is 29.3 Å². The number of nitrogens with one attached hydrogen (secondary N) is 1. The molecule has 0 bridgehead atoms. The molecule has 0 spiro atoms. The molecule has 0 aliphatic heterocycles. The molecule has 2 aromatic carbocycles. The van der Waals surface area contributed by atoms with E-state index in [0.29, 0.717) is 18.7 Å². The first-order valence-electron chi connectivity index (χ1n) is 8.71. The highest BCUT2D eigenvalue weighted by Crippen LogP contribution is 2.16. The van der Waals surface area contributed by atoms with Crippen molar-refractivity contribution in [1.82, 2.24) is 9.79 Å². The van der Waals surface area contributed by atoms with Crippen LogP contribution in [0.5, 0.6) is 0 Å². The quantitative estimate of drug-likeness (QED) is 0.529. The van der Waals surface area contributed by atoms with Crippen molar-refractivity contribution in [2.24, 2.45) is 0 Å². The zero-order chi connectivity index (χ0) is 19.7. The van der Waals surface area contributed by atoms with Crippen molar-refractivity contribution in [2.45, 2.75) is 25.3 Å². The number of benzene rings is 2. The number of nitrogens with zero attached hydrogens (tertiary/aromatic N) is 1. The Bertz CT molecular complexity index is 859. The van der Waals surface area contributed by atoms with Gasteiger partial charge in [-0.1, -0.05) is 56.3 Å². The van der Waals surface area contributed by atoms with Gasteiger partial charge in [0.05, 0.1) is 11.5 Å². The van der Waals surface area contributed by atoms with Gasteiger partial charge in [0.25, 0.3) is 5.91 Å². The molecular formula is C20H24N2O4S. The number of amides is 1. The summed E-state index contributed by atoms with van der Waals surface area (Å²) in [6.07, 6.45) is 2.92. The number of sulfonamides is 1. The fraction of sp³-hybridized carbons (Fsp3) is 0.250. The summed E-state index contributed by atoms with van der Waals surface area (Å²) < 4.78 is 26.3. The maximum absolute atomic E-state index is 12.4. The number of hydroxylamine groups is 1. The lowest BCUT2D eigenvalue weighted by atomic mass is 10.2. The van der Waals surface area contributed by atoms with E-state index < -0.39 is 15.9 Å². The standard InChI is InChI=1S/C20H24N2O4S/c1-3-22(4-2)27(24,25)19-13-10-17(11-14-19)12-15-20(23)21-26-16-18-8-6-5-7-9-18/h5-15H,3-4,16H2,1-2H3,(H,21,23). The number of rotatable bonds is 9. The average molecular weight is 388 g/mol. The normalized spacial score (nSPS) is 11.8. The van der Waals surface area contributed by atoms with E-state index in [4.69, 9.17) is 4.84 Å². The van der Waals surface area contributed by atoms with Crippen LogP contribution in [0.1, 0.15) is 25.0 Å². The minimum atomic E-state index is -3.48. The van der Waals surface area contributed by atoms with Crippen LogP contribution in [0.4, 0.5) is 0 Å². The van der Waals surface area contributed by atoms with Gasteiger partial charge < -0.3 is 0 Å². The van der Waals surface area contributed by atoms with E-state index in [1.165, 1.54) is 22.5 Å². The monoisotopic (exact) mass is 388 g/mol. The summed E-state index contributed by atoms with van der Waals surface area (Å²) in [5, 5.41) is 0. The van der Waals surface area contributed by atoms with Crippen molar-refractivity contribution in [3.8, 4) is 0 Å². The number of carbonyl (C=O) groups is 1. The fourth-order valence-electron chi connectivity index (χ4n) is 2.43. The molecule has 27 heavy (non-hydrogen) atoms. The van der Waals surface area contributed by atoms with Crippen molar-refractivity contribution in [1.29, 1.82) is 0 Å². The summed E-state index contributed by atoms with van der Waals surface area (Å²) in [4.78, 5) is 17.2. The summed E-state index contributed by atoms with van der Waals surface area (Å²) in [7, 11) is -3.48. The Kier molecular flexibility index (Phi) is 7.72. The first kappa shape index (κ1) is 20.8. The van der Waals surface area contributed by atoms with Gasteiger partial charge in [0.2, 0.25) is 10.0 Å². The van der Waals surface area contributed by atoms with Crippen LogP contribution in [0.25, 0.3) is 6.08 Å². The Hall–Kier alpha value is -2.48. The van der Waals surface area contributed by atoms with E-state index in [1.807, 2.05) is 30.3 Å². The molecular weight excluding hydrogens is 364 g/mol. The van der Waals surface area contributed by atoms with Crippen molar-refractivity contribution in [2.75, 3.05) is 13.1 Å². The molecule has 0 fully saturated rings. The van der Waals surface area contributed by atoms with Crippen molar-refractivity contribution >= 4 is 22.0 Å². The molecule has 0 aromatic heterocycles. The van der Waals surface area contributed by atoms with E-state index in [-0.39, 0.29) is 11.5 Å². The van der Waals surface area contributed by atoms with E-state index >= 15 is 0 Å². The Balaban J connectivity index is 1.90. The molecule has 0 heterocycles. The molecule has 1 N–H and O–H groups in total. The molecule has 0 unspecified atom stereocenters. The highest BCUT2D eigenvalue weighted by Gasteiger charge is 2.20. The van der Waals surface area contributed by atoms with E-state index in [0.717, 1.165) is 5.56 Å². The summed E-state index contributed by atoms with van der Waals surface area (Å²) in [6, 6.07) is 15.9. The van der Waals surface area contributed by atoms with Crippen molar-refractivity contribution < 1.29 is 18.0 Å². The molecule has 0 saturated carbocycles. The van der Waals surface area contributed by atoms with E-state index in [1.54, 1.807) is 32.1 Å². The number of hydrogen-bond donors (Lipinski definition) is 1. The highest BCUT2D eigenvalue weighted by atomic mass is 32.2. The van der Waals surface area contributed by atoms with Gasteiger partial charge in [0.15, 0.2) is 0 Å². The minimum Gasteiger partial charge on any atom is -0.269 e. The molecule has 0 atom stereocenters. The molecule has 0 saturated heterocycles. The summed E-state index contributed by atoms with van der Waals surface area (Å²) in [6.45, 7) is 4.72. The lowest BCUT2D eigenvalue weighted by Crippen LogP contribution is -2.30. The Labute approximate surface area is 160 Å². The number of carbonyl (C=O) groups excluding carboxylic acids is 1. The number of hydrogen-bond acceptors (Lipinski definition) is 4. The second-order valence-corrected chi connectivity index (χ2v) is 7.67. The first-order chi connectivity index (χ1) is 13.0. The van der Waals surface area contributed by atoms with Crippen LogP contribution >= 0.6 is 0 Å². The molecule has 2 aromatic rings. The molecule has 0 aliphatic carbocycles. The van der Waals surface area contributed by atoms with Crippen LogP contribution in [0, 0.1) is 0 Å². The predicted molar refractivity (Wildman–Crippen MR) is 105 cm³/mol. The van der Waals surface area contributed by atoms with Crippen LogP contribution in [0.15, 0.2) is 65.6 Å². The SMILES string of the molecule is CCN(CC)S(=O)(=O)c1ccc(C=CC(=O)NOCc2ccccc2)cc1. The van der Waals surface area contributed by atoms with Crippen LogP contribution < -0.4 is 5.48 Å². The summed E-state index contributed by atoms with van der Waals surface area (Å²) >= 11 is 0. The van der Waals surface area contributed by atoms with Crippen molar-refractivity contribution in [3.05, 3.63) is 71.8 Å². The molecule has 0 aliphatic rings. The molecule has 7 heteroatoms. The lowest BCUT2D eigenvalue weighted by Gasteiger charge is -2.18. The largest absolute Gasteiger partial charge is 0.269 e. The molecule has 6 nitrogen and oxygen atoms in total. The maximum Gasteiger partial charge on any atom is 0.267 e. The van der Waals surface area contributed by atoms with Crippen LogP contribution in [-0.2, 0) is 26.3 Å². The smallest absolute Gasteiger partial charge is 0.267 e. The Morgan fingerprint density at radius 2 is 1.67 bits per heavy atom. The molecule has 2 rings (SSSR count). The van der Waals surface area contributed by atoms with Gasteiger partial charge in [0, 0.05) is 19.2 Å². The Morgan fingerprint density at radius 3 is 2.26 bits per heavy atom. The van der Waals surface area contributed by atoms with E-state index in [9.17, 15) is 13.2 Å². The van der Waals surface area contributed by atoms with Crippen LogP contribution in [0.2, 0.25) is 0 Å². The van der Waals surface area contributed by atoms with Gasteiger partial charge in [-0.3, -0.25) is 9.63 Å². The third kappa shape index (κ3) is 6.02. The average Bonchev–Trinajstić information content (AvgIpc) is 2.68. The zero-order valence-electron chi connectivity index (χ0n) is 15.5. The van der Waals surface area contributed by atoms with Crippen LogP contribution in [-0.4, -0.2) is 31.7 Å². The lowest BCUT2D eigenvalue weighted by molar-refractivity contribution is -0.129. The van der Waals surface area contributed by atoms with Gasteiger partial charge >= 0.3 is 0 Å². The van der Waals surface area contributed by atoms with Gasteiger partial charge in [-0.15, -0.1) is 0 Å². The molecule has 144 valence electrons. The fourth-order valence-corrected chi connectivity index (χ4v) is 3.89. The summed E-state index contributed by atoms with van der Waals surface area (Å²) in [5.74, 6) is -0.397. The first-order valence-corrected chi connectivity index (χ1v) is 10.1. The second-order valence-electron chi connectivity index (χ2n) is 5.73. The third-order valence-corrected chi connectivity index (χ3v) is 5.97. The van der Waals surface area contributed by atoms with Crippen molar-refractivity contribution in [3.63, 3.8) is 0 Å². The third-order valence-electron chi connectivity index (χ3n) is 3.90. The summed E-state index contributed by atoms with van der Waals surface area (Å²) in [5.41, 5.74) is 4.00. The van der Waals surface area contributed by atoms with Gasteiger partial charge in [-0.25, -0.2) is 13.9 Å². The van der Waals surface area contributed by atoms with Gasteiger partial charge in [0.1, 0.15) is 0 Å². The van der Waals surface area contributed by atoms with E-state index in [2.05, 4.69) is 5.48 Å².